The Kier molecular flexibility index (Phi) is 3.85. The average molecular weight is 247 g/mol. The van der Waals surface area contributed by atoms with Crippen molar-refractivity contribution in [2.75, 3.05) is 11.9 Å². The highest BCUT2D eigenvalue weighted by atomic mass is 16.6. The van der Waals surface area contributed by atoms with E-state index in [9.17, 15) is 10.1 Å². The lowest BCUT2D eigenvalue weighted by molar-refractivity contribution is -0.384. The predicted molar refractivity (Wildman–Crippen MR) is 66.2 cm³/mol. The predicted octanol–water partition coefficient (Wildman–Crippen LogP) is 1.69. The Labute approximate surface area is 104 Å². The van der Waals surface area contributed by atoms with Crippen molar-refractivity contribution in [3.05, 3.63) is 46.8 Å². The lowest BCUT2D eigenvalue weighted by Gasteiger charge is -2.06. The number of nitrogens with zero attached hydrogens (tertiary/aromatic N) is 4. The SMILES string of the molecule is O=[N+]([O-])c1ccccc1NCCCn1ccnn1. The van der Waals surface area contributed by atoms with Gasteiger partial charge in [-0.05, 0) is 12.5 Å². The quantitative estimate of drug-likeness (QED) is 0.477. The van der Waals surface area contributed by atoms with Crippen LogP contribution in [0.2, 0.25) is 0 Å². The van der Waals surface area contributed by atoms with E-state index in [1.807, 2.05) is 0 Å². The highest BCUT2D eigenvalue weighted by Gasteiger charge is 2.10. The summed E-state index contributed by atoms with van der Waals surface area (Å²) in [5.41, 5.74) is 0.638. The van der Waals surface area contributed by atoms with Gasteiger partial charge in [0.1, 0.15) is 5.69 Å². The Morgan fingerprint density at radius 1 is 1.39 bits per heavy atom. The number of aromatic nitrogens is 3. The fraction of sp³-hybridized carbons (Fsp3) is 0.273. The number of nitro groups is 1. The van der Waals surface area contributed by atoms with Crippen LogP contribution in [0.1, 0.15) is 6.42 Å². The van der Waals surface area contributed by atoms with Crippen LogP contribution in [0, 0.1) is 10.1 Å². The maximum Gasteiger partial charge on any atom is 0.292 e. The molecule has 0 fully saturated rings. The third-order valence-electron chi connectivity index (χ3n) is 2.45. The van der Waals surface area contributed by atoms with Gasteiger partial charge < -0.3 is 5.32 Å². The van der Waals surface area contributed by atoms with Gasteiger partial charge in [0.15, 0.2) is 0 Å². The molecule has 0 aliphatic rings. The van der Waals surface area contributed by atoms with E-state index in [1.165, 1.54) is 6.07 Å². The number of nitro benzene ring substituents is 1. The number of nitrogens with one attached hydrogen (secondary N) is 1. The van der Waals surface area contributed by atoms with Crippen LogP contribution >= 0.6 is 0 Å². The van der Waals surface area contributed by atoms with Crippen molar-refractivity contribution < 1.29 is 4.92 Å². The molecule has 18 heavy (non-hydrogen) atoms. The van der Waals surface area contributed by atoms with E-state index in [-0.39, 0.29) is 10.6 Å². The topological polar surface area (TPSA) is 85.9 Å². The van der Waals surface area contributed by atoms with Crippen LogP contribution in [-0.4, -0.2) is 26.5 Å². The summed E-state index contributed by atoms with van der Waals surface area (Å²) in [6.45, 7) is 1.37. The zero-order valence-electron chi connectivity index (χ0n) is 9.69. The van der Waals surface area contributed by atoms with E-state index in [0.717, 1.165) is 13.0 Å². The van der Waals surface area contributed by atoms with E-state index >= 15 is 0 Å². The normalized spacial score (nSPS) is 10.2. The first-order chi connectivity index (χ1) is 8.77. The molecule has 94 valence electrons. The van der Waals surface area contributed by atoms with Gasteiger partial charge in [-0.25, -0.2) is 0 Å². The first-order valence-electron chi connectivity index (χ1n) is 5.59. The molecule has 2 aromatic rings. The van der Waals surface area contributed by atoms with Crippen molar-refractivity contribution in [3.8, 4) is 0 Å². The second-order valence-electron chi connectivity index (χ2n) is 3.72. The van der Waals surface area contributed by atoms with E-state index in [4.69, 9.17) is 0 Å². The summed E-state index contributed by atoms with van der Waals surface area (Å²) < 4.78 is 1.72. The number of benzene rings is 1. The molecule has 0 radical (unpaired) electrons. The summed E-state index contributed by atoms with van der Waals surface area (Å²) in [4.78, 5) is 10.4. The van der Waals surface area contributed by atoms with Crippen LogP contribution in [0.3, 0.4) is 0 Å². The molecule has 0 saturated carbocycles. The van der Waals surface area contributed by atoms with Gasteiger partial charge in [-0.3, -0.25) is 14.8 Å². The molecule has 2 rings (SSSR count). The van der Waals surface area contributed by atoms with Gasteiger partial charge in [-0.15, -0.1) is 5.10 Å². The van der Waals surface area contributed by atoms with Crippen molar-refractivity contribution in [3.63, 3.8) is 0 Å². The fourth-order valence-corrected chi connectivity index (χ4v) is 1.60. The maximum absolute atomic E-state index is 10.8. The lowest BCUT2D eigenvalue weighted by atomic mass is 10.2. The smallest absolute Gasteiger partial charge is 0.292 e. The highest BCUT2D eigenvalue weighted by Crippen LogP contribution is 2.22. The lowest BCUT2D eigenvalue weighted by Crippen LogP contribution is -2.08. The van der Waals surface area contributed by atoms with E-state index in [0.29, 0.717) is 12.2 Å². The van der Waals surface area contributed by atoms with Gasteiger partial charge in [0.05, 0.1) is 11.1 Å². The van der Waals surface area contributed by atoms with Crippen molar-refractivity contribution in [2.24, 2.45) is 0 Å². The molecule has 0 unspecified atom stereocenters. The molecule has 0 aliphatic heterocycles. The first-order valence-corrected chi connectivity index (χ1v) is 5.59. The molecule has 7 nitrogen and oxygen atoms in total. The number of hydrogen-bond acceptors (Lipinski definition) is 5. The molecule has 1 aromatic heterocycles. The molecule has 1 aromatic carbocycles. The van der Waals surface area contributed by atoms with Crippen LogP contribution in [0.25, 0.3) is 0 Å². The number of aryl methyl sites for hydroxylation is 1. The molecule has 1 N–H and O–H groups in total. The van der Waals surface area contributed by atoms with Gasteiger partial charge >= 0.3 is 0 Å². The van der Waals surface area contributed by atoms with E-state index in [1.54, 1.807) is 35.3 Å². The standard InChI is InChI=1S/C11H13N5O2/c17-16(18)11-5-2-1-4-10(11)12-6-3-8-15-9-7-13-14-15/h1-2,4-5,7,9,12H,3,6,8H2. The van der Waals surface area contributed by atoms with Crippen LogP contribution in [0.4, 0.5) is 11.4 Å². The number of hydrogen-bond donors (Lipinski definition) is 1. The molecular weight excluding hydrogens is 234 g/mol. The molecule has 1 heterocycles. The van der Waals surface area contributed by atoms with Crippen molar-refractivity contribution in [1.29, 1.82) is 0 Å². The summed E-state index contributed by atoms with van der Waals surface area (Å²) in [6, 6.07) is 6.61. The summed E-state index contributed by atoms with van der Waals surface area (Å²) in [5.74, 6) is 0. The van der Waals surface area contributed by atoms with Gasteiger partial charge in [0, 0.05) is 25.4 Å². The molecule has 0 saturated heterocycles. The van der Waals surface area contributed by atoms with E-state index < -0.39 is 0 Å². The maximum atomic E-state index is 10.8. The Morgan fingerprint density at radius 3 is 2.94 bits per heavy atom. The minimum atomic E-state index is -0.389. The molecule has 7 heteroatoms. The highest BCUT2D eigenvalue weighted by molar-refractivity contribution is 5.60. The van der Waals surface area contributed by atoms with Gasteiger partial charge in [0.25, 0.3) is 5.69 Å². The fourth-order valence-electron chi connectivity index (χ4n) is 1.60. The van der Waals surface area contributed by atoms with Gasteiger partial charge in [-0.1, -0.05) is 17.3 Å². The first kappa shape index (κ1) is 12.0. The van der Waals surface area contributed by atoms with Crippen LogP contribution < -0.4 is 5.32 Å². The number of anilines is 1. The summed E-state index contributed by atoms with van der Waals surface area (Å²) >= 11 is 0. The number of rotatable bonds is 6. The summed E-state index contributed by atoms with van der Waals surface area (Å²) in [6.07, 6.45) is 4.22. The number of para-hydroxylation sites is 2. The zero-order valence-corrected chi connectivity index (χ0v) is 9.69. The van der Waals surface area contributed by atoms with Crippen LogP contribution in [0.5, 0.6) is 0 Å². The molecule has 0 spiro atoms. The van der Waals surface area contributed by atoms with Crippen molar-refractivity contribution in [1.82, 2.24) is 15.0 Å². The third kappa shape index (κ3) is 3.03. The Bertz CT molecular complexity index is 512. The minimum absolute atomic E-state index is 0.0956. The average Bonchev–Trinajstić information content (AvgIpc) is 2.88. The van der Waals surface area contributed by atoms with Gasteiger partial charge in [0.2, 0.25) is 0 Å². The second-order valence-corrected chi connectivity index (χ2v) is 3.72. The zero-order chi connectivity index (χ0) is 12.8. The molecule has 0 atom stereocenters. The third-order valence-corrected chi connectivity index (χ3v) is 2.45. The second kappa shape index (κ2) is 5.76. The van der Waals surface area contributed by atoms with Crippen molar-refractivity contribution >= 4 is 11.4 Å². The molecule has 0 aliphatic carbocycles. The van der Waals surface area contributed by atoms with Crippen LogP contribution in [-0.2, 0) is 6.54 Å². The monoisotopic (exact) mass is 247 g/mol. The van der Waals surface area contributed by atoms with Crippen molar-refractivity contribution in [2.45, 2.75) is 13.0 Å². The Morgan fingerprint density at radius 2 is 2.22 bits per heavy atom. The Hall–Kier alpha value is -2.44. The minimum Gasteiger partial charge on any atom is -0.379 e. The Balaban J connectivity index is 1.85. The molecular formula is C11H13N5O2. The summed E-state index contributed by atoms with van der Waals surface area (Å²) in [7, 11) is 0. The summed E-state index contributed by atoms with van der Waals surface area (Å²) in [5, 5.41) is 21.4. The van der Waals surface area contributed by atoms with E-state index in [2.05, 4.69) is 15.6 Å². The van der Waals surface area contributed by atoms with Gasteiger partial charge in [-0.2, -0.15) is 0 Å². The van der Waals surface area contributed by atoms with Crippen LogP contribution in [0.15, 0.2) is 36.7 Å². The molecule has 0 amide bonds. The molecule has 0 bridgehead atoms. The largest absolute Gasteiger partial charge is 0.379 e.